The molecule has 1 aliphatic heterocycles. The van der Waals surface area contributed by atoms with Gasteiger partial charge in [0, 0.05) is 43.3 Å². The van der Waals surface area contributed by atoms with E-state index in [9.17, 15) is 4.79 Å². The summed E-state index contributed by atoms with van der Waals surface area (Å²) in [7, 11) is 0. The molecular weight excluding hydrogens is 332 g/mol. The van der Waals surface area contributed by atoms with Crippen molar-refractivity contribution in [3.8, 4) is 0 Å². The maximum Gasteiger partial charge on any atom is 0.231 e. The number of hydrogen-bond donors (Lipinski definition) is 2. The third-order valence-corrected chi connectivity index (χ3v) is 5.48. The van der Waals surface area contributed by atoms with Crippen LogP contribution in [0.4, 0.5) is 5.69 Å². The smallest absolute Gasteiger partial charge is 0.231 e. The first kappa shape index (κ1) is 18.0. The fourth-order valence-electron chi connectivity index (χ4n) is 3.03. The summed E-state index contributed by atoms with van der Waals surface area (Å²) in [6.45, 7) is 10.2. The van der Waals surface area contributed by atoms with Crippen LogP contribution in [0.1, 0.15) is 28.8 Å². The molecule has 2 heterocycles. The fourth-order valence-corrected chi connectivity index (χ4v) is 3.81. The highest BCUT2D eigenvalue weighted by atomic mass is 32.1. The van der Waals surface area contributed by atoms with E-state index in [4.69, 9.17) is 0 Å². The first-order valence-corrected chi connectivity index (χ1v) is 9.64. The number of hydrogen-bond acceptors (Lipinski definition) is 5. The van der Waals surface area contributed by atoms with Crippen molar-refractivity contribution in [2.75, 3.05) is 25.0 Å². The van der Waals surface area contributed by atoms with Crippen molar-refractivity contribution in [2.45, 2.75) is 39.8 Å². The van der Waals surface area contributed by atoms with Crippen LogP contribution in [0.15, 0.2) is 23.6 Å². The molecule has 1 atom stereocenters. The summed E-state index contributed by atoms with van der Waals surface area (Å²) < 4.78 is 0. The van der Waals surface area contributed by atoms with E-state index in [0.29, 0.717) is 12.5 Å². The van der Waals surface area contributed by atoms with E-state index in [1.54, 1.807) is 11.3 Å². The van der Waals surface area contributed by atoms with Crippen LogP contribution >= 0.6 is 11.3 Å². The Morgan fingerprint density at radius 1 is 1.44 bits per heavy atom. The minimum atomic E-state index is -0.00913. The molecule has 0 bridgehead atoms. The number of benzene rings is 1. The Bertz CT molecular complexity index is 743. The van der Waals surface area contributed by atoms with Gasteiger partial charge in [-0.25, -0.2) is 4.98 Å². The van der Waals surface area contributed by atoms with Gasteiger partial charge in [0.25, 0.3) is 0 Å². The van der Waals surface area contributed by atoms with Crippen LogP contribution in [0, 0.1) is 13.8 Å². The van der Waals surface area contributed by atoms with Crippen molar-refractivity contribution in [3.05, 3.63) is 45.4 Å². The number of amides is 1. The normalized spacial score (nSPS) is 18.3. The summed E-state index contributed by atoms with van der Waals surface area (Å²) >= 11 is 1.57. The molecule has 6 heteroatoms. The van der Waals surface area contributed by atoms with Crippen LogP contribution in [0.3, 0.4) is 0 Å². The molecule has 1 aliphatic rings. The van der Waals surface area contributed by atoms with Gasteiger partial charge < -0.3 is 10.6 Å². The molecule has 0 saturated carbocycles. The van der Waals surface area contributed by atoms with E-state index < -0.39 is 0 Å². The largest absolute Gasteiger partial charge is 0.325 e. The Labute approximate surface area is 153 Å². The second-order valence-corrected chi connectivity index (χ2v) is 7.74. The number of thiazole rings is 1. The van der Waals surface area contributed by atoms with Crippen molar-refractivity contribution in [2.24, 2.45) is 0 Å². The van der Waals surface area contributed by atoms with E-state index in [1.165, 1.54) is 0 Å². The molecule has 3 rings (SSSR count). The summed E-state index contributed by atoms with van der Waals surface area (Å²) in [5.41, 5.74) is 4.17. The Hall–Kier alpha value is -1.76. The predicted molar refractivity (Wildman–Crippen MR) is 103 cm³/mol. The Morgan fingerprint density at radius 3 is 3.08 bits per heavy atom. The number of carbonyl (C=O) groups excluding carboxylic acids is 1. The molecular formula is C19H26N4OS. The SMILES string of the molecule is Cc1ccc(C)c(NC(=O)Cc2nc(CN3CCNC[C@H]3C)cs2)c1. The van der Waals surface area contributed by atoms with Gasteiger partial charge in [-0.1, -0.05) is 12.1 Å². The molecule has 1 aromatic heterocycles. The van der Waals surface area contributed by atoms with Crippen molar-refractivity contribution >= 4 is 22.9 Å². The second-order valence-electron chi connectivity index (χ2n) is 6.80. The molecule has 1 amide bonds. The predicted octanol–water partition coefficient (Wildman–Crippen LogP) is 2.73. The summed E-state index contributed by atoms with van der Waals surface area (Å²) in [6, 6.07) is 6.61. The zero-order chi connectivity index (χ0) is 17.8. The molecule has 1 saturated heterocycles. The zero-order valence-corrected chi connectivity index (χ0v) is 15.9. The molecule has 1 fully saturated rings. The van der Waals surface area contributed by atoms with E-state index >= 15 is 0 Å². The topological polar surface area (TPSA) is 57.3 Å². The first-order chi connectivity index (χ1) is 12.0. The molecule has 0 spiro atoms. The standard InChI is InChI=1S/C19H26N4OS/c1-13-4-5-14(2)17(8-13)22-18(24)9-19-21-16(12-25-19)11-23-7-6-20-10-15(23)3/h4-5,8,12,15,20H,6-7,9-11H2,1-3H3,(H,22,24)/t15-/m1/s1. The first-order valence-electron chi connectivity index (χ1n) is 8.76. The van der Waals surface area contributed by atoms with Gasteiger partial charge in [0.15, 0.2) is 0 Å². The average Bonchev–Trinajstić information content (AvgIpc) is 3.00. The Balaban J connectivity index is 1.57. The number of rotatable bonds is 5. The van der Waals surface area contributed by atoms with Gasteiger partial charge in [0.1, 0.15) is 5.01 Å². The van der Waals surface area contributed by atoms with Gasteiger partial charge in [-0.05, 0) is 38.0 Å². The van der Waals surface area contributed by atoms with Crippen LogP contribution in [0.25, 0.3) is 0 Å². The summed E-state index contributed by atoms with van der Waals surface area (Å²) in [4.78, 5) is 19.4. The van der Waals surface area contributed by atoms with Gasteiger partial charge in [-0.3, -0.25) is 9.69 Å². The molecule has 0 aliphatic carbocycles. The van der Waals surface area contributed by atoms with E-state index in [0.717, 1.165) is 53.7 Å². The third-order valence-electron chi connectivity index (χ3n) is 4.58. The molecule has 1 aromatic carbocycles. The quantitative estimate of drug-likeness (QED) is 0.863. The number of anilines is 1. The van der Waals surface area contributed by atoms with Crippen molar-refractivity contribution in [1.82, 2.24) is 15.2 Å². The minimum Gasteiger partial charge on any atom is -0.325 e. The highest BCUT2D eigenvalue weighted by Gasteiger charge is 2.19. The highest BCUT2D eigenvalue weighted by molar-refractivity contribution is 7.09. The van der Waals surface area contributed by atoms with E-state index in [1.807, 2.05) is 26.0 Å². The van der Waals surface area contributed by atoms with Crippen molar-refractivity contribution < 1.29 is 4.79 Å². The highest BCUT2D eigenvalue weighted by Crippen LogP contribution is 2.18. The molecule has 134 valence electrons. The van der Waals surface area contributed by atoms with E-state index in [2.05, 4.69) is 38.9 Å². The number of piperazine rings is 1. The number of nitrogens with zero attached hydrogens (tertiary/aromatic N) is 2. The molecule has 5 nitrogen and oxygen atoms in total. The lowest BCUT2D eigenvalue weighted by Gasteiger charge is -2.33. The molecule has 0 unspecified atom stereocenters. The number of carbonyl (C=O) groups is 1. The van der Waals surface area contributed by atoms with Crippen LogP contribution in [-0.4, -0.2) is 41.5 Å². The monoisotopic (exact) mass is 358 g/mol. The maximum atomic E-state index is 12.3. The van der Waals surface area contributed by atoms with Gasteiger partial charge in [0.05, 0.1) is 12.1 Å². The third kappa shape index (κ3) is 4.87. The molecule has 25 heavy (non-hydrogen) atoms. The number of aromatic nitrogens is 1. The average molecular weight is 359 g/mol. The summed E-state index contributed by atoms with van der Waals surface area (Å²) in [5, 5.41) is 9.36. The van der Waals surface area contributed by atoms with Crippen LogP contribution in [0.2, 0.25) is 0 Å². The summed E-state index contributed by atoms with van der Waals surface area (Å²) in [5.74, 6) is -0.00913. The van der Waals surface area contributed by atoms with Gasteiger partial charge in [-0.2, -0.15) is 0 Å². The summed E-state index contributed by atoms with van der Waals surface area (Å²) in [6.07, 6.45) is 0.329. The maximum absolute atomic E-state index is 12.3. The second kappa shape index (κ2) is 8.08. The van der Waals surface area contributed by atoms with Gasteiger partial charge in [0.2, 0.25) is 5.91 Å². The minimum absolute atomic E-state index is 0.00913. The molecule has 2 aromatic rings. The van der Waals surface area contributed by atoms with Crippen LogP contribution in [-0.2, 0) is 17.8 Å². The van der Waals surface area contributed by atoms with Crippen LogP contribution in [0.5, 0.6) is 0 Å². The zero-order valence-electron chi connectivity index (χ0n) is 15.1. The van der Waals surface area contributed by atoms with Crippen molar-refractivity contribution in [1.29, 1.82) is 0 Å². The Morgan fingerprint density at radius 2 is 2.28 bits per heavy atom. The van der Waals surface area contributed by atoms with Gasteiger partial charge in [-0.15, -0.1) is 11.3 Å². The van der Waals surface area contributed by atoms with Crippen molar-refractivity contribution in [3.63, 3.8) is 0 Å². The number of aryl methyl sites for hydroxylation is 2. The lowest BCUT2D eigenvalue weighted by Crippen LogP contribution is -2.49. The lowest BCUT2D eigenvalue weighted by molar-refractivity contribution is -0.115. The fraction of sp³-hybridized carbons (Fsp3) is 0.474. The van der Waals surface area contributed by atoms with E-state index in [-0.39, 0.29) is 5.91 Å². The van der Waals surface area contributed by atoms with Gasteiger partial charge >= 0.3 is 0 Å². The van der Waals surface area contributed by atoms with Crippen LogP contribution < -0.4 is 10.6 Å². The number of nitrogens with one attached hydrogen (secondary N) is 2. The molecule has 2 N–H and O–H groups in total. The lowest BCUT2D eigenvalue weighted by atomic mass is 10.1. The molecule has 0 radical (unpaired) electrons. The Kier molecular flexibility index (Phi) is 5.83.